The molecule has 1 aliphatic rings. The fourth-order valence-electron chi connectivity index (χ4n) is 1.57. The first-order valence-corrected chi connectivity index (χ1v) is 5.51. The Bertz CT molecular complexity index is 376. The Morgan fingerprint density at radius 2 is 2.29 bits per heavy atom. The lowest BCUT2D eigenvalue weighted by Crippen LogP contribution is -2.37. The van der Waals surface area contributed by atoms with Crippen molar-refractivity contribution >= 4 is 22.8 Å². The molecule has 0 radical (unpaired) electrons. The number of thiophene rings is 1. The maximum absolute atomic E-state index is 11.5. The molecule has 0 aliphatic carbocycles. The maximum Gasteiger partial charge on any atom is 0.229 e. The minimum absolute atomic E-state index is 0.109. The standard InChI is InChI=1S/C11H13NOS/c1-11(2)6-8(7-12-10(11)13)9-4-3-5-14-9/h3-5,7H,6H2,1-2H3,(H,12,13). The molecule has 0 unspecified atom stereocenters. The van der Waals surface area contributed by atoms with Gasteiger partial charge in [0.25, 0.3) is 0 Å². The molecule has 14 heavy (non-hydrogen) atoms. The molecule has 0 saturated carbocycles. The molecule has 1 N–H and O–H groups in total. The molecule has 2 heterocycles. The van der Waals surface area contributed by atoms with Crippen LogP contribution in [-0.4, -0.2) is 5.91 Å². The van der Waals surface area contributed by atoms with Gasteiger partial charge in [0.2, 0.25) is 5.91 Å². The Labute approximate surface area is 87.6 Å². The lowest BCUT2D eigenvalue weighted by atomic mass is 9.82. The highest BCUT2D eigenvalue weighted by Gasteiger charge is 2.31. The fraction of sp³-hybridized carbons (Fsp3) is 0.364. The third-order valence-electron chi connectivity index (χ3n) is 2.46. The SMILES string of the molecule is CC1(C)CC(c2cccs2)=CNC1=O. The molecule has 0 aromatic carbocycles. The predicted octanol–water partition coefficient (Wildman–Crippen LogP) is 2.64. The molecule has 2 nitrogen and oxygen atoms in total. The summed E-state index contributed by atoms with van der Waals surface area (Å²) in [6, 6.07) is 4.12. The summed E-state index contributed by atoms with van der Waals surface area (Å²) < 4.78 is 0. The summed E-state index contributed by atoms with van der Waals surface area (Å²) in [5.74, 6) is 0.109. The van der Waals surface area contributed by atoms with E-state index in [0.717, 1.165) is 6.42 Å². The molecule has 1 aliphatic heterocycles. The Morgan fingerprint density at radius 3 is 2.86 bits per heavy atom. The third-order valence-corrected chi connectivity index (χ3v) is 3.41. The van der Waals surface area contributed by atoms with Crippen molar-refractivity contribution in [3.05, 3.63) is 28.6 Å². The third kappa shape index (κ3) is 1.60. The summed E-state index contributed by atoms with van der Waals surface area (Å²) in [4.78, 5) is 12.7. The minimum Gasteiger partial charge on any atom is -0.332 e. The van der Waals surface area contributed by atoms with Gasteiger partial charge in [0.05, 0.1) is 0 Å². The molecular formula is C11H13NOS. The van der Waals surface area contributed by atoms with Crippen LogP contribution in [0.4, 0.5) is 0 Å². The van der Waals surface area contributed by atoms with Crippen LogP contribution in [0.2, 0.25) is 0 Å². The van der Waals surface area contributed by atoms with Gasteiger partial charge in [0, 0.05) is 16.5 Å². The molecule has 74 valence electrons. The molecule has 0 atom stereocenters. The Morgan fingerprint density at radius 1 is 1.50 bits per heavy atom. The number of amides is 1. The second-order valence-electron chi connectivity index (χ2n) is 4.18. The Hall–Kier alpha value is -1.09. The van der Waals surface area contributed by atoms with Crippen LogP contribution < -0.4 is 5.32 Å². The molecule has 0 fully saturated rings. The van der Waals surface area contributed by atoms with E-state index in [1.807, 2.05) is 26.1 Å². The van der Waals surface area contributed by atoms with E-state index in [9.17, 15) is 4.79 Å². The van der Waals surface area contributed by atoms with Crippen molar-refractivity contribution in [1.82, 2.24) is 5.32 Å². The highest BCUT2D eigenvalue weighted by molar-refractivity contribution is 7.11. The van der Waals surface area contributed by atoms with Gasteiger partial charge < -0.3 is 5.32 Å². The molecule has 2 rings (SSSR count). The van der Waals surface area contributed by atoms with Gasteiger partial charge in [-0.2, -0.15) is 0 Å². The number of nitrogens with one attached hydrogen (secondary N) is 1. The summed E-state index contributed by atoms with van der Waals surface area (Å²) >= 11 is 1.71. The van der Waals surface area contributed by atoms with Crippen LogP contribution in [0, 0.1) is 5.41 Å². The largest absolute Gasteiger partial charge is 0.332 e. The fourth-order valence-corrected chi connectivity index (χ4v) is 2.32. The van der Waals surface area contributed by atoms with Crippen LogP contribution in [0.1, 0.15) is 25.1 Å². The monoisotopic (exact) mass is 207 g/mol. The van der Waals surface area contributed by atoms with Crippen LogP contribution in [0.25, 0.3) is 5.57 Å². The summed E-state index contributed by atoms with van der Waals surface area (Å²) in [7, 11) is 0. The van der Waals surface area contributed by atoms with Gasteiger partial charge in [-0.15, -0.1) is 11.3 Å². The summed E-state index contributed by atoms with van der Waals surface area (Å²) in [5, 5.41) is 4.87. The smallest absolute Gasteiger partial charge is 0.229 e. The predicted molar refractivity (Wildman–Crippen MR) is 58.8 cm³/mol. The molecule has 1 aromatic rings. The summed E-state index contributed by atoms with van der Waals surface area (Å²) in [5.41, 5.74) is 0.943. The first-order valence-electron chi connectivity index (χ1n) is 4.63. The van der Waals surface area contributed by atoms with Crippen molar-refractivity contribution in [2.75, 3.05) is 0 Å². The van der Waals surface area contributed by atoms with E-state index in [4.69, 9.17) is 0 Å². The number of carbonyl (C=O) groups is 1. The molecule has 1 amide bonds. The number of hydrogen-bond donors (Lipinski definition) is 1. The normalized spacial score (nSPS) is 20.1. The molecule has 0 spiro atoms. The zero-order valence-corrected chi connectivity index (χ0v) is 9.15. The highest BCUT2D eigenvalue weighted by Crippen LogP contribution is 2.35. The van der Waals surface area contributed by atoms with Crippen molar-refractivity contribution in [3.63, 3.8) is 0 Å². The van der Waals surface area contributed by atoms with Gasteiger partial charge in [0.1, 0.15) is 0 Å². The van der Waals surface area contributed by atoms with E-state index >= 15 is 0 Å². The number of carbonyl (C=O) groups excluding carboxylic acids is 1. The van der Waals surface area contributed by atoms with Gasteiger partial charge >= 0.3 is 0 Å². The van der Waals surface area contributed by atoms with E-state index in [1.165, 1.54) is 10.5 Å². The van der Waals surface area contributed by atoms with Crippen molar-refractivity contribution < 1.29 is 4.79 Å². The van der Waals surface area contributed by atoms with Gasteiger partial charge in [-0.1, -0.05) is 19.9 Å². The first-order chi connectivity index (χ1) is 6.59. The average Bonchev–Trinajstić information content (AvgIpc) is 2.62. The second kappa shape index (κ2) is 3.24. The lowest BCUT2D eigenvalue weighted by Gasteiger charge is -2.28. The maximum atomic E-state index is 11.5. The topological polar surface area (TPSA) is 29.1 Å². The molecular weight excluding hydrogens is 194 g/mol. The van der Waals surface area contributed by atoms with E-state index in [2.05, 4.69) is 16.8 Å². The van der Waals surface area contributed by atoms with Crippen LogP contribution in [0.5, 0.6) is 0 Å². The second-order valence-corrected chi connectivity index (χ2v) is 5.13. The quantitative estimate of drug-likeness (QED) is 0.753. The first kappa shape index (κ1) is 9.46. The lowest BCUT2D eigenvalue weighted by molar-refractivity contribution is -0.128. The summed E-state index contributed by atoms with van der Waals surface area (Å²) in [6.07, 6.45) is 2.65. The molecule has 1 aromatic heterocycles. The molecule has 0 bridgehead atoms. The van der Waals surface area contributed by atoms with E-state index in [0.29, 0.717) is 0 Å². The van der Waals surface area contributed by atoms with Crippen LogP contribution >= 0.6 is 11.3 Å². The van der Waals surface area contributed by atoms with Gasteiger partial charge in [-0.05, 0) is 23.4 Å². The Kier molecular flexibility index (Phi) is 2.19. The minimum atomic E-state index is -0.284. The van der Waals surface area contributed by atoms with Crippen molar-refractivity contribution in [2.24, 2.45) is 5.41 Å². The van der Waals surface area contributed by atoms with E-state index in [-0.39, 0.29) is 11.3 Å². The van der Waals surface area contributed by atoms with Crippen LogP contribution in [0.3, 0.4) is 0 Å². The van der Waals surface area contributed by atoms with Gasteiger partial charge in [-0.25, -0.2) is 0 Å². The van der Waals surface area contributed by atoms with Gasteiger partial charge in [0.15, 0.2) is 0 Å². The molecule has 3 heteroatoms. The average molecular weight is 207 g/mol. The van der Waals surface area contributed by atoms with E-state index in [1.54, 1.807) is 11.3 Å². The molecule has 0 saturated heterocycles. The van der Waals surface area contributed by atoms with Crippen molar-refractivity contribution in [3.8, 4) is 0 Å². The van der Waals surface area contributed by atoms with Crippen LogP contribution in [-0.2, 0) is 4.79 Å². The number of rotatable bonds is 1. The Balaban J connectivity index is 2.29. The van der Waals surface area contributed by atoms with E-state index < -0.39 is 0 Å². The number of allylic oxidation sites excluding steroid dienone is 1. The highest BCUT2D eigenvalue weighted by atomic mass is 32.1. The van der Waals surface area contributed by atoms with Crippen LogP contribution in [0.15, 0.2) is 23.7 Å². The summed E-state index contributed by atoms with van der Waals surface area (Å²) in [6.45, 7) is 3.95. The zero-order valence-electron chi connectivity index (χ0n) is 8.33. The van der Waals surface area contributed by atoms with Gasteiger partial charge in [-0.3, -0.25) is 4.79 Å². The zero-order chi connectivity index (χ0) is 10.2. The van der Waals surface area contributed by atoms with Crippen molar-refractivity contribution in [2.45, 2.75) is 20.3 Å². The number of hydrogen-bond acceptors (Lipinski definition) is 2. The van der Waals surface area contributed by atoms with Crippen molar-refractivity contribution in [1.29, 1.82) is 0 Å².